The number of hydrogen-bond acceptors (Lipinski definition) is 0. The van der Waals surface area contributed by atoms with Crippen molar-refractivity contribution < 1.29 is 9.13 Å². The zero-order valence-corrected chi connectivity index (χ0v) is 11.6. The van der Waals surface area contributed by atoms with Gasteiger partial charge in [0.15, 0.2) is 24.8 Å². The van der Waals surface area contributed by atoms with Gasteiger partial charge in [-0.15, -0.1) is 0 Å². The van der Waals surface area contributed by atoms with Gasteiger partial charge in [0.1, 0.15) is 13.6 Å². The van der Waals surface area contributed by atoms with Crippen LogP contribution in [-0.2, 0) is 20.0 Å². The van der Waals surface area contributed by atoms with Crippen molar-refractivity contribution in [2.75, 3.05) is 0 Å². The second-order valence-electron chi connectivity index (χ2n) is 5.11. The van der Waals surface area contributed by atoms with Gasteiger partial charge in [-0.25, -0.2) is 9.13 Å². The smallest absolute Gasteiger partial charge is 0.171 e. The highest BCUT2D eigenvalue weighted by atomic mass is 14.9. The molecular formula is C16H22N2+2. The molecule has 0 aliphatic carbocycles. The predicted molar refractivity (Wildman–Crippen MR) is 72.1 cm³/mol. The van der Waals surface area contributed by atoms with Crippen molar-refractivity contribution in [3.63, 3.8) is 0 Å². The summed E-state index contributed by atoms with van der Waals surface area (Å²) in [5, 5.41) is 0. The van der Waals surface area contributed by atoms with Crippen molar-refractivity contribution >= 4 is 0 Å². The third kappa shape index (κ3) is 3.66. The highest BCUT2D eigenvalue weighted by molar-refractivity contribution is 5.11. The molecule has 0 N–H and O–H groups in total. The fourth-order valence-corrected chi connectivity index (χ4v) is 2.39. The van der Waals surface area contributed by atoms with E-state index < -0.39 is 0 Å². The van der Waals surface area contributed by atoms with Crippen LogP contribution in [0.1, 0.15) is 23.1 Å². The third-order valence-corrected chi connectivity index (χ3v) is 3.08. The van der Waals surface area contributed by atoms with Gasteiger partial charge >= 0.3 is 0 Å². The number of aryl methyl sites for hydroxylation is 5. The fourth-order valence-electron chi connectivity index (χ4n) is 2.39. The van der Waals surface area contributed by atoms with E-state index in [9.17, 15) is 0 Å². The Morgan fingerprint density at radius 1 is 1.06 bits per heavy atom. The highest BCUT2D eigenvalue weighted by Crippen LogP contribution is 2.01. The minimum Gasteiger partial charge on any atom is -0.208 e. The lowest BCUT2D eigenvalue weighted by Gasteiger charge is -2.00. The van der Waals surface area contributed by atoms with Gasteiger partial charge in [0.05, 0.1) is 0 Å². The Morgan fingerprint density at radius 3 is 2.44 bits per heavy atom. The van der Waals surface area contributed by atoms with Gasteiger partial charge in [-0.2, -0.15) is 0 Å². The zero-order valence-electron chi connectivity index (χ0n) is 11.6. The van der Waals surface area contributed by atoms with E-state index >= 15 is 0 Å². The van der Waals surface area contributed by atoms with Crippen molar-refractivity contribution in [1.29, 1.82) is 0 Å². The Bertz CT molecular complexity index is 512. The van der Waals surface area contributed by atoms with Crippen LogP contribution in [-0.4, -0.2) is 0 Å². The molecule has 0 atom stereocenters. The van der Waals surface area contributed by atoms with Crippen LogP contribution in [0.2, 0.25) is 0 Å². The van der Waals surface area contributed by atoms with E-state index in [0.29, 0.717) is 0 Å². The van der Waals surface area contributed by atoms with Crippen molar-refractivity contribution in [2.24, 2.45) is 7.05 Å². The summed E-state index contributed by atoms with van der Waals surface area (Å²) in [6, 6.07) is 6.53. The fraction of sp³-hybridized carbons (Fsp3) is 0.375. The molecule has 0 saturated carbocycles. The summed E-state index contributed by atoms with van der Waals surface area (Å²) in [5.74, 6) is 0. The molecule has 0 saturated heterocycles. The van der Waals surface area contributed by atoms with Crippen molar-refractivity contribution in [3.05, 3.63) is 59.7 Å². The van der Waals surface area contributed by atoms with Crippen molar-refractivity contribution in [2.45, 2.75) is 33.2 Å². The van der Waals surface area contributed by atoms with Gasteiger partial charge in [0.2, 0.25) is 0 Å². The molecule has 0 unspecified atom stereocenters. The monoisotopic (exact) mass is 242 g/mol. The maximum Gasteiger partial charge on any atom is 0.171 e. The highest BCUT2D eigenvalue weighted by Gasteiger charge is 2.04. The van der Waals surface area contributed by atoms with E-state index in [1.807, 2.05) is 0 Å². The van der Waals surface area contributed by atoms with Gasteiger partial charge in [-0.3, -0.25) is 0 Å². The minimum atomic E-state index is 1.08. The lowest BCUT2D eigenvalue weighted by Crippen LogP contribution is -2.34. The molecule has 2 heteroatoms. The second-order valence-corrected chi connectivity index (χ2v) is 5.11. The Morgan fingerprint density at radius 2 is 1.78 bits per heavy atom. The molecule has 0 aliphatic heterocycles. The molecule has 2 nitrogen and oxygen atoms in total. The lowest BCUT2D eigenvalue weighted by atomic mass is 10.1. The largest absolute Gasteiger partial charge is 0.208 e. The maximum absolute atomic E-state index is 2.30. The van der Waals surface area contributed by atoms with E-state index in [-0.39, 0.29) is 0 Å². The predicted octanol–water partition coefficient (Wildman–Crippen LogP) is 2.05. The van der Waals surface area contributed by atoms with Gasteiger partial charge in [-0.05, 0) is 32.4 Å². The molecule has 18 heavy (non-hydrogen) atoms. The number of nitrogens with zero attached hydrogens (tertiary/aromatic N) is 2. The minimum absolute atomic E-state index is 1.08. The number of aromatic nitrogens is 2. The first kappa shape index (κ1) is 12.7. The molecule has 0 bridgehead atoms. The Labute approximate surface area is 110 Å². The first-order valence-corrected chi connectivity index (χ1v) is 6.55. The summed E-state index contributed by atoms with van der Waals surface area (Å²) in [4.78, 5) is 0. The van der Waals surface area contributed by atoms with E-state index in [1.165, 1.54) is 23.1 Å². The summed E-state index contributed by atoms with van der Waals surface area (Å²) in [7, 11) is 2.07. The molecule has 2 aromatic heterocycles. The average molecular weight is 242 g/mol. The molecule has 0 radical (unpaired) electrons. The van der Waals surface area contributed by atoms with E-state index in [0.717, 1.165) is 13.0 Å². The first-order chi connectivity index (χ1) is 8.63. The molecule has 0 fully saturated rings. The summed E-state index contributed by atoms with van der Waals surface area (Å²) in [5.41, 5.74) is 4.08. The second kappa shape index (κ2) is 5.76. The van der Waals surface area contributed by atoms with Crippen LogP contribution in [0.15, 0.2) is 43.0 Å². The molecule has 0 aliphatic rings. The van der Waals surface area contributed by atoms with Gasteiger partial charge in [-0.1, -0.05) is 0 Å². The topological polar surface area (TPSA) is 7.76 Å². The quantitative estimate of drug-likeness (QED) is 0.725. The third-order valence-electron chi connectivity index (χ3n) is 3.08. The van der Waals surface area contributed by atoms with E-state index in [1.54, 1.807) is 0 Å². The van der Waals surface area contributed by atoms with Gasteiger partial charge < -0.3 is 0 Å². The van der Waals surface area contributed by atoms with Crippen molar-refractivity contribution in [3.8, 4) is 0 Å². The number of hydrogen-bond donors (Lipinski definition) is 0. The molecule has 0 amide bonds. The Balaban J connectivity index is 1.92. The summed E-state index contributed by atoms with van der Waals surface area (Å²) >= 11 is 0. The van der Waals surface area contributed by atoms with Gasteiger partial charge in [0.25, 0.3) is 0 Å². The standard InChI is InChI=1S/C16H22N2/c1-14-10-15(2)12-18(11-14)9-5-7-16-6-4-8-17(3)13-16/h4,6,8,10-13H,5,7,9H2,1-3H3/q+2. The number of pyridine rings is 2. The first-order valence-electron chi connectivity index (χ1n) is 6.55. The average Bonchev–Trinajstić information content (AvgIpc) is 2.27. The number of rotatable bonds is 4. The summed E-state index contributed by atoms with van der Waals surface area (Å²) < 4.78 is 4.41. The van der Waals surface area contributed by atoms with Crippen LogP contribution in [0.3, 0.4) is 0 Å². The van der Waals surface area contributed by atoms with E-state index in [2.05, 4.69) is 73.0 Å². The molecule has 94 valence electrons. The molecular weight excluding hydrogens is 220 g/mol. The van der Waals surface area contributed by atoms with Crippen LogP contribution in [0.4, 0.5) is 0 Å². The molecule has 2 heterocycles. The van der Waals surface area contributed by atoms with Crippen LogP contribution in [0.5, 0.6) is 0 Å². The van der Waals surface area contributed by atoms with E-state index in [4.69, 9.17) is 0 Å². The van der Waals surface area contributed by atoms with Crippen LogP contribution < -0.4 is 9.13 Å². The van der Waals surface area contributed by atoms with Crippen LogP contribution in [0.25, 0.3) is 0 Å². The molecule has 0 spiro atoms. The molecule has 0 aromatic carbocycles. The van der Waals surface area contributed by atoms with Gasteiger partial charge in [0, 0.05) is 29.2 Å². The normalized spacial score (nSPS) is 10.6. The Hall–Kier alpha value is -1.70. The SMILES string of the molecule is Cc1cc(C)c[n+](CCCc2ccc[n+](C)c2)c1. The molecule has 2 aromatic rings. The zero-order chi connectivity index (χ0) is 13.0. The van der Waals surface area contributed by atoms with Crippen molar-refractivity contribution in [1.82, 2.24) is 0 Å². The van der Waals surface area contributed by atoms with Crippen LogP contribution >= 0.6 is 0 Å². The Kier molecular flexibility index (Phi) is 4.08. The summed E-state index contributed by atoms with van der Waals surface area (Å²) in [6.45, 7) is 5.39. The maximum atomic E-state index is 2.30. The molecule has 2 rings (SSSR count). The van der Waals surface area contributed by atoms with Crippen LogP contribution in [0, 0.1) is 13.8 Å². The lowest BCUT2D eigenvalue weighted by molar-refractivity contribution is -0.698. The summed E-state index contributed by atoms with van der Waals surface area (Å²) in [6.07, 6.45) is 11.0.